The number of hydrogen-bond donors (Lipinski definition) is 1. The van der Waals surface area contributed by atoms with Gasteiger partial charge in [-0.2, -0.15) is 0 Å². The third-order valence-corrected chi connectivity index (χ3v) is 5.01. The molecule has 2 heterocycles. The SMILES string of the molecule is Cc1ccc(C(=O)N2CCN(c3cncc4ccccc34)CC2)cc1O. The van der Waals surface area contributed by atoms with Crippen LogP contribution in [0.5, 0.6) is 5.75 Å². The summed E-state index contributed by atoms with van der Waals surface area (Å²) in [5.74, 6) is 0.132. The van der Waals surface area contributed by atoms with Crippen molar-refractivity contribution in [1.29, 1.82) is 0 Å². The van der Waals surface area contributed by atoms with Crippen molar-refractivity contribution in [2.45, 2.75) is 6.92 Å². The molecule has 1 aromatic heterocycles. The predicted molar refractivity (Wildman–Crippen MR) is 103 cm³/mol. The summed E-state index contributed by atoms with van der Waals surface area (Å²) in [5.41, 5.74) is 2.42. The van der Waals surface area contributed by atoms with E-state index in [2.05, 4.69) is 22.0 Å². The van der Waals surface area contributed by atoms with Gasteiger partial charge in [0.2, 0.25) is 0 Å². The molecule has 1 aliphatic heterocycles. The van der Waals surface area contributed by atoms with Crippen molar-refractivity contribution >= 4 is 22.4 Å². The highest BCUT2D eigenvalue weighted by Crippen LogP contribution is 2.27. The van der Waals surface area contributed by atoms with Crippen molar-refractivity contribution < 1.29 is 9.90 Å². The van der Waals surface area contributed by atoms with Gasteiger partial charge in [-0.05, 0) is 24.6 Å². The fraction of sp³-hybridized carbons (Fsp3) is 0.238. The number of amides is 1. The first kappa shape index (κ1) is 16.4. The van der Waals surface area contributed by atoms with Crippen LogP contribution in [-0.2, 0) is 0 Å². The van der Waals surface area contributed by atoms with Crippen LogP contribution in [0.3, 0.4) is 0 Å². The van der Waals surface area contributed by atoms with Crippen LogP contribution in [0.2, 0.25) is 0 Å². The van der Waals surface area contributed by atoms with Crippen LogP contribution in [-0.4, -0.2) is 47.1 Å². The summed E-state index contributed by atoms with van der Waals surface area (Å²) in [7, 11) is 0. The molecule has 0 aliphatic carbocycles. The van der Waals surface area contributed by atoms with E-state index >= 15 is 0 Å². The molecule has 0 spiro atoms. The molecule has 26 heavy (non-hydrogen) atoms. The first-order valence-electron chi connectivity index (χ1n) is 8.80. The van der Waals surface area contributed by atoms with Gasteiger partial charge in [-0.15, -0.1) is 0 Å². The normalized spacial score (nSPS) is 14.7. The van der Waals surface area contributed by atoms with Crippen molar-refractivity contribution in [2.24, 2.45) is 0 Å². The molecule has 0 unspecified atom stereocenters. The van der Waals surface area contributed by atoms with E-state index in [0.717, 1.165) is 29.7 Å². The highest BCUT2D eigenvalue weighted by Gasteiger charge is 2.23. The number of fused-ring (bicyclic) bond motifs is 1. The van der Waals surface area contributed by atoms with Gasteiger partial charge in [0.1, 0.15) is 5.75 Å². The standard InChI is InChI=1S/C21H21N3O2/c1-15-6-7-16(12-20(15)25)21(26)24-10-8-23(9-11-24)19-14-22-13-17-4-2-3-5-18(17)19/h2-7,12-14,25H,8-11H2,1H3. The van der Waals surface area contributed by atoms with E-state index < -0.39 is 0 Å². The smallest absolute Gasteiger partial charge is 0.254 e. The Morgan fingerprint density at radius 1 is 1.04 bits per heavy atom. The summed E-state index contributed by atoms with van der Waals surface area (Å²) in [5, 5.41) is 12.2. The fourth-order valence-electron chi connectivity index (χ4n) is 3.43. The summed E-state index contributed by atoms with van der Waals surface area (Å²) < 4.78 is 0. The maximum Gasteiger partial charge on any atom is 0.254 e. The van der Waals surface area contributed by atoms with E-state index in [1.54, 1.807) is 18.2 Å². The molecule has 1 fully saturated rings. The fourth-order valence-corrected chi connectivity index (χ4v) is 3.43. The number of aromatic nitrogens is 1. The molecule has 0 bridgehead atoms. The maximum atomic E-state index is 12.7. The summed E-state index contributed by atoms with van der Waals surface area (Å²) in [4.78, 5) is 21.2. The number of nitrogens with zero attached hydrogens (tertiary/aromatic N) is 3. The average Bonchev–Trinajstić information content (AvgIpc) is 2.69. The molecule has 3 aromatic rings. The number of rotatable bonds is 2. The number of benzene rings is 2. The van der Waals surface area contributed by atoms with E-state index in [1.165, 1.54) is 5.39 Å². The zero-order valence-electron chi connectivity index (χ0n) is 14.7. The lowest BCUT2D eigenvalue weighted by molar-refractivity contribution is 0.0746. The van der Waals surface area contributed by atoms with Gasteiger partial charge in [-0.3, -0.25) is 9.78 Å². The van der Waals surface area contributed by atoms with Gasteiger partial charge in [0.25, 0.3) is 5.91 Å². The van der Waals surface area contributed by atoms with Gasteiger partial charge in [0, 0.05) is 48.7 Å². The van der Waals surface area contributed by atoms with Crippen LogP contribution in [0.15, 0.2) is 54.9 Å². The summed E-state index contributed by atoms with van der Waals surface area (Å²) >= 11 is 0. The first-order valence-corrected chi connectivity index (χ1v) is 8.80. The number of piperazine rings is 1. The number of pyridine rings is 1. The second-order valence-electron chi connectivity index (χ2n) is 6.66. The topological polar surface area (TPSA) is 56.7 Å². The second-order valence-corrected chi connectivity index (χ2v) is 6.66. The molecule has 5 heteroatoms. The molecule has 0 atom stereocenters. The zero-order chi connectivity index (χ0) is 18.1. The van der Waals surface area contributed by atoms with Gasteiger partial charge < -0.3 is 14.9 Å². The average molecular weight is 347 g/mol. The predicted octanol–water partition coefficient (Wildman–Crippen LogP) is 3.21. The number of carbonyl (C=O) groups is 1. The Hall–Kier alpha value is -3.08. The molecule has 0 radical (unpaired) electrons. The Balaban J connectivity index is 1.50. The Morgan fingerprint density at radius 2 is 1.81 bits per heavy atom. The van der Waals surface area contributed by atoms with Crippen LogP contribution < -0.4 is 4.90 Å². The summed E-state index contributed by atoms with van der Waals surface area (Å²) in [6.07, 6.45) is 3.78. The molecular weight excluding hydrogens is 326 g/mol. The summed E-state index contributed by atoms with van der Waals surface area (Å²) in [6, 6.07) is 13.3. The largest absolute Gasteiger partial charge is 0.508 e. The Kier molecular flexibility index (Phi) is 4.21. The minimum absolute atomic E-state index is 0.0315. The van der Waals surface area contributed by atoms with Crippen molar-refractivity contribution in [3.63, 3.8) is 0 Å². The molecule has 2 aromatic carbocycles. The molecule has 1 saturated heterocycles. The monoisotopic (exact) mass is 347 g/mol. The van der Waals surface area contributed by atoms with Gasteiger partial charge in [-0.1, -0.05) is 30.3 Å². The van der Waals surface area contributed by atoms with E-state index in [1.807, 2.05) is 36.4 Å². The number of carbonyl (C=O) groups excluding carboxylic acids is 1. The van der Waals surface area contributed by atoms with Crippen LogP contribution in [0.25, 0.3) is 10.8 Å². The van der Waals surface area contributed by atoms with Crippen LogP contribution in [0.4, 0.5) is 5.69 Å². The number of aromatic hydroxyl groups is 1. The van der Waals surface area contributed by atoms with E-state index in [0.29, 0.717) is 18.7 Å². The lowest BCUT2D eigenvalue weighted by atomic mass is 10.1. The minimum Gasteiger partial charge on any atom is -0.508 e. The molecule has 4 rings (SSSR count). The highest BCUT2D eigenvalue weighted by atomic mass is 16.3. The lowest BCUT2D eigenvalue weighted by Gasteiger charge is -2.36. The van der Waals surface area contributed by atoms with Crippen LogP contribution >= 0.6 is 0 Å². The van der Waals surface area contributed by atoms with Crippen molar-refractivity contribution in [3.8, 4) is 5.75 Å². The Morgan fingerprint density at radius 3 is 2.58 bits per heavy atom. The first-order chi connectivity index (χ1) is 12.6. The summed E-state index contributed by atoms with van der Waals surface area (Å²) in [6.45, 7) is 4.65. The van der Waals surface area contributed by atoms with Crippen LogP contribution in [0, 0.1) is 6.92 Å². The van der Waals surface area contributed by atoms with Gasteiger partial charge in [0.15, 0.2) is 0 Å². The van der Waals surface area contributed by atoms with Gasteiger partial charge >= 0.3 is 0 Å². The van der Waals surface area contributed by atoms with Gasteiger partial charge in [0.05, 0.1) is 11.9 Å². The van der Waals surface area contributed by atoms with Crippen LogP contribution in [0.1, 0.15) is 15.9 Å². The van der Waals surface area contributed by atoms with Gasteiger partial charge in [-0.25, -0.2) is 0 Å². The quantitative estimate of drug-likeness (QED) is 0.773. The Bertz CT molecular complexity index is 957. The highest BCUT2D eigenvalue weighted by molar-refractivity contribution is 5.95. The van der Waals surface area contributed by atoms with Crippen molar-refractivity contribution in [1.82, 2.24) is 9.88 Å². The molecule has 1 N–H and O–H groups in total. The van der Waals surface area contributed by atoms with E-state index in [9.17, 15) is 9.90 Å². The molecule has 1 amide bonds. The number of hydrogen-bond acceptors (Lipinski definition) is 4. The van der Waals surface area contributed by atoms with Crippen molar-refractivity contribution in [3.05, 3.63) is 66.0 Å². The van der Waals surface area contributed by atoms with E-state index in [-0.39, 0.29) is 11.7 Å². The number of phenolic OH excluding ortho intramolecular Hbond substituents is 1. The van der Waals surface area contributed by atoms with E-state index in [4.69, 9.17) is 0 Å². The second kappa shape index (κ2) is 6.67. The number of phenols is 1. The third-order valence-electron chi connectivity index (χ3n) is 5.01. The molecule has 0 saturated carbocycles. The molecular formula is C21H21N3O2. The number of anilines is 1. The third kappa shape index (κ3) is 2.96. The Labute approximate surface area is 152 Å². The zero-order valence-corrected chi connectivity index (χ0v) is 14.7. The lowest BCUT2D eigenvalue weighted by Crippen LogP contribution is -2.48. The molecule has 132 valence electrons. The molecule has 1 aliphatic rings. The minimum atomic E-state index is -0.0315. The maximum absolute atomic E-state index is 12.7. The molecule has 5 nitrogen and oxygen atoms in total. The number of aryl methyl sites for hydroxylation is 1. The van der Waals surface area contributed by atoms with Crippen molar-refractivity contribution in [2.75, 3.05) is 31.1 Å².